The molecule has 0 saturated carbocycles. The molecule has 0 bridgehead atoms. The fourth-order valence-corrected chi connectivity index (χ4v) is 3.43. The first-order chi connectivity index (χ1) is 12.1. The maximum atomic E-state index is 12.3. The fourth-order valence-electron chi connectivity index (χ4n) is 3.43. The number of H-pyrrole nitrogens is 1. The number of nitrogens with one attached hydrogen (secondary N) is 2. The van der Waals surface area contributed by atoms with Crippen molar-refractivity contribution in [2.24, 2.45) is 0 Å². The second-order valence-corrected chi connectivity index (χ2v) is 6.82. The van der Waals surface area contributed by atoms with E-state index in [1.165, 1.54) is 0 Å². The van der Waals surface area contributed by atoms with Crippen LogP contribution in [-0.2, 0) is 16.0 Å². The van der Waals surface area contributed by atoms with Gasteiger partial charge in [-0.05, 0) is 51.0 Å². The summed E-state index contributed by atoms with van der Waals surface area (Å²) in [5.74, 6) is -0.949. The number of para-hydroxylation sites is 1. The van der Waals surface area contributed by atoms with Crippen LogP contribution in [0.2, 0.25) is 0 Å². The highest BCUT2D eigenvalue weighted by atomic mass is 16.2. The van der Waals surface area contributed by atoms with Gasteiger partial charge in [0.2, 0.25) is 0 Å². The van der Waals surface area contributed by atoms with Crippen molar-refractivity contribution in [2.75, 3.05) is 33.7 Å². The number of hydrogen-bond acceptors (Lipinski definition) is 3. The molecule has 25 heavy (non-hydrogen) atoms. The van der Waals surface area contributed by atoms with E-state index in [-0.39, 0.29) is 6.04 Å². The van der Waals surface area contributed by atoms with Crippen LogP contribution >= 0.6 is 0 Å². The summed E-state index contributed by atoms with van der Waals surface area (Å²) < 4.78 is 0. The lowest BCUT2D eigenvalue weighted by Crippen LogP contribution is -2.49. The Hall–Kier alpha value is -2.34. The van der Waals surface area contributed by atoms with Gasteiger partial charge in [0.25, 0.3) is 0 Å². The van der Waals surface area contributed by atoms with Gasteiger partial charge in [0.1, 0.15) is 0 Å². The molecule has 134 valence electrons. The summed E-state index contributed by atoms with van der Waals surface area (Å²) in [4.78, 5) is 31.6. The number of nitrogens with zero attached hydrogens (tertiary/aromatic N) is 2. The summed E-state index contributed by atoms with van der Waals surface area (Å²) in [6.07, 6.45) is 4.49. The van der Waals surface area contributed by atoms with Crippen LogP contribution in [0.15, 0.2) is 30.5 Å². The SMILES string of the molecule is CN1CCC(N(C)C(=O)C(=O)NCCc2c[nH]c3ccccc23)CC1. The molecule has 1 aromatic heterocycles. The van der Waals surface area contributed by atoms with Gasteiger partial charge < -0.3 is 20.1 Å². The van der Waals surface area contributed by atoms with Crippen LogP contribution in [0.5, 0.6) is 0 Å². The van der Waals surface area contributed by atoms with Gasteiger partial charge >= 0.3 is 11.8 Å². The number of aromatic amines is 1. The second-order valence-electron chi connectivity index (χ2n) is 6.82. The normalized spacial score (nSPS) is 16.1. The zero-order chi connectivity index (χ0) is 17.8. The molecule has 1 aliphatic heterocycles. The molecule has 2 amide bonds. The molecule has 3 rings (SSSR count). The van der Waals surface area contributed by atoms with Crippen molar-refractivity contribution in [3.05, 3.63) is 36.0 Å². The molecule has 2 N–H and O–H groups in total. The van der Waals surface area contributed by atoms with Crippen molar-refractivity contribution in [3.8, 4) is 0 Å². The monoisotopic (exact) mass is 342 g/mol. The van der Waals surface area contributed by atoms with E-state index in [1.54, 1.807) is 11.9 Å². The number of carbonyl (C=O) groups is 2. The highest BCUT2D eigenvalue weighted by Gasteiger charge is 2.27. The van der Waals surface area contributed by atoms with Gasteiger partial charge in [0, 0.05) is 36.7 Å². The molecule has 0 radical (unpaired) electrons. The average Bonchev–Trinajstić information content (AvgIpc) is 3.04. The van der Waals surface area contributed by atoms with Gasteiger partial charge in [-0.2, -0.15) is 0 Å². The number of aromatic nitrogens is 1. The number of likely N-dealkylation sites (tertiary alicyclic amines) is 1. The van der Waals surface area contributed by atoms with E-state index in [1.807, 2.05) is 24.4 Å². The summed E-state index contributed by atoms with van der Waals surface area (Å²) in [6.45, 7) is 2.38. The van der Waals surface area contributed by atoms with E-state index in [4.69, 9.17) is 0 Å². The largest absolute Gasteiger partial charge is 0.361 e. The first-order valence-electron chi connectivity index (χ1n) is 8.85. The van der Waals surface area contributed by atoms with Crippen LogP contribution in [0.3, 0.4) is 0 Å². The Kier molecular flexibility index (Phi) is 5.38. The van der Waals surface area contributed by atoms with Crippen molar-refractivity contribution in [1.82, 2.24) is 20.1 Å². The van der Waals surface area contributed by atoms with Crippen molar-refractivity contribution < 1.29 is 9.59 Å². The van der Waals surface area contributed by atoms with E-state index in [0.717, 1.165) is 42.4 Å². The minimum absolute atomic E-state index is 0.156. The molecular formula is C19H26N4O2. The van der Waals surface area contributed by atoms with Gasteiger partial charge in [0.15, 0.2) is 0 Å². The predicted molar refractivity (Wildman–Crippen MR) is 98.3 cm³/mol. The summed E-state index contributed by atoms with van der Waals surface area (Å²) in [5.41, 5.74) is 2.23. The first kappa shape index (κ1) is 17.5. The Morgan fingerprint density at radius 2 is 2.00 bits per heavy atom. The van der Waals surface area contributed by atoms with Gasteiger partial charge in [-0.15, -0.1) is 0 Å². The standard InChI is InChI=1S/C19H26N4O2/c1-22-11-8-15(9-12-22)23(2)19(25)18(24)20-10-7-14-13-21-17-6-4-3-5-16(14)17/h3-6,13,15,21H,7-12H2,1-2H3,(H,20,24). The average molecular weight is 342 g/mol. The topological polar surface area (TPSA) is 68.4 Å². The minimum atomic E-state index is -0.513. The third-order valence-corrected chi connectivity index (χ3v) is 5.11. The number of amides is 2. The van der Waals surface area contributed by atoms with Crippen LogP contribution in [0.4, 0.5) is 0 Å². The van der Waals surface area contributed by atoms with E-state index in [2.05, 4.69) is 28.3 Å². The van der Waals surface area contributed by atoms with E-state index < -0.39 is 11.8 Å². The number of benzene rings is 1. The summed E-state index contributed by atoms with van der Waals surface area (Å²) in [5, 5.41) is 3.92. The molecule has 2 heterocycles. The van der Waals surface area contributed by atoms with Crippen LogP contribution in [0.25, 0.3) is 10.9 Å². The molecule has 0 atom stereocenters. The number of carbonyl (C=O) groups excluding carboxylic acids is 2. The van der Waals surface area contributed by atoms with Crippen LogP contribution < -0.4 is 5.32 Å². The minimum Gasteiger partial charge on any atom is -0.361 e. The third kappa shape index (κ3) is 4.02. The Bertz CT molecular complexity index is 747. The molecule has 1 saturated heterocycles. The number of hydrogen-bond donors (Lipinski definition) is 2. The van der Waals surface area contributed by atoms with Crippen LogP contribution in [0.1, 0.15) is 18.4 Å². The highest BCUT2D eigenvalue weighted by Crippen LogP contribution is 2.18. The first-order valence-corrected chi connectivity index (χ1v) is 8.85. The predicted octanol–water partition coefficient (Wildman–Crippen LogP) is 1.38. The van der Waals surface area contributed by atoms with Crippen LogP contribution in [-0.4, -0.2) is 66.4 Å². The van der Waals surface area contributed by atoms with Gasteiger partial charge in [-0.1, -0.05) is 18.2 Å². The number of likely N-dealkylation sites (N-methyl/N-ethyl adjacent to an activating group) is 1. The van der Waals surface area contributed by atoms with Crippen molar-refractivity contribution in [1.29, 1.82) is 0 Å². The molecule has 1 aromatic carbocycles. The zero-order valence-electron chi connectivity index (χ0n) is 14.9. The molecule has 1 fully saturated rings. The molecular weight excluding hydrogens is 316 g/mol. The lowest BCUT2D eigenvalue weighted by molar-refractivity contribution is -0.146. The van der Waals surface area contributed by atoms with Crippen LogP contribution in [0, 0.1) is 0 Å². The lowest BCUT2D eigenvalue weighted by Gasteiger charge is -2.34. The van der Waals surface area contributed by atoms with Crippen molar-refractivity contribution >= 4 is 22.7 Å². The zero-order valence-corrected chi connectivity index (χ0v) is 14.9. The van der Waals surface area contributed by atoms with E-state index in [0.29, 0.717) is 13.0 Å². The van der Waals surface area contributed by atoms with Gasteiger partial charge in [-0.3, -0.25) is 9.59 Å². The fraction of sp³-hybridized carbons (Fsp3) is 0.474. The molecule has 6 heteroatoms. The summed E-state index contributed by atoms with van der Waals surface area (Å²) >= 11 is 0. The lowest BCUT2D eigenvalue weighted by atomic mass is 10.0. The Morgan fingerprint density at radius 3 is 2.76 bits per heavy atom. The van der Waals surface area contributed by atoms with Crippen molar-refractivity contribution in [2.45, 2.75) is 25.3 Å². The molecule has 2 aromatic rings. The Morgan fingerprint density at radius 1 is 1.28 bits per heavy atom. The van der Waals surface area contributed by atoms with Gasteiger partial charge in [0.05, 0.1) is 0 Å². The van der Waals surface area contributed by atoms with E-state index >= 15 is 0 Å². The number of piperidine rings is 1. The number of rotatable bonds is 4. The molecule has 0 aliphatic carbocycles. The Labute approximate surface area is 148 Å². The maximum Gasteiger partial charge on any atom is 0.311 e. The quantitative estimate of drug-likeness (QED) is 0.825. The molecule has 0 unspecified atom stereocenters. The maximum absolute atomic E-state index is 12.3. The van der Waals surface area contributed by atoms with Gasteiger partial charge in [-0.25, -0.2) is 0 Å². The third-order valence-electron chi connectivity index (χ3n) is 5.11. The summed E-state index contributed by atoms with van der Waals surface area (Å²) in [7, 11) is 3.81. The smallest absolute Gasteiger partial charge is 0.311 e. The summed E-state index contributed by atoms with van der Waals surface area (Å²) in [6, 6.07) is 8.22. The molecule has 1 aliphatic rings. The number of fused-ring (bicyclic) bond motifs is 1. The second kappa shape index (κ2) is 7.70. The molecule has 6 nitrogen and oxygen atoms in total. The van der Waals surface area contributed by atoms with Crippen molar-refractivity contribution in [3.63, 3.8) is 0 Å². The van der Waals surface area contributed by atoms with E-state index in [9.17, 15) is 9.59 Å². The highest BCUT2D eigenvalue weighted by molar-refractivity contribution is 6.35. The molecule has 0 spiro atoms. The Balaban J connectivity index is 1.49.